The zero-order valence-corrected chi connectivity index (χ0v) is 43.3. The number of nitrogens with one attached hydrogen (secondary N) is 1. The van der Waals surface area contributed by atoms with Crippen molar-refractivity contribution < 1.29 is 50.0 Å². The number of aliphatic hydroxyl groups excluding tert-OH is 7. The van der Waals surface area contributed by atoms with E-state index < -0.39 is 74.2 Å². The van der Waals surface area contributed by atoms with Gasteiger partial charge in [0.2, 0.25) is 5.91 Å². The molecule has 0 spiro atoms. The number of carbonyl (C=O) groups excluding carboxylic acids is 1. The number of carbonyl (C=O) groups is 1. The largest absolute Gasteiger partial charge is 0.394 e. The molecular formula is C57H105NO10. The highest BCUT2D eigenvalue weighted by Crippen LogP contribution is 2.23. The van der Waals surface area contributed by atoms with Gasteiger partial charge in [-0.05, 0) is 83.5 Å². The van der Waals surface area contributed by atoms with Gasteiger partial charge in [0.25, 0.3) is 0 Å². The van der Waals surface area contributed by atoms with E-state index in [4.69, 9.17) is 9.47 Å². The van der Waals surface area contributed by atoms with Gasteiger partial charge in [0.15, 0.2) is 6.29 Å². The van der Waals surface area contributed by atoms with Crippen LogP contribution in [0.4, 0.5) is 0 Å². The molecule has 0 bridgehead atoms. The molecule has 68 heavy (non-hydrogen) atoms. The van der Waals surface area contributed by atoms with Crippen LogP contribution in [0.25, 0.3) is 0 Å². The molecule has 0 aliphatic carbocycles. The number of hydrogen-bond acceptors (Lipinski definition) is 10. The fourth-order valence-electron chi connectivity index (χ4n) is 8.72. The van der Waals surface area contributed by atoms with Gasteiger partial charge in [-0.1, -0.05) is 204 Å². The summed E-state index contributed by atoms with van der Waals surface area (Å²) in [5, 5.41) is 76.0. The number of aliphatic hydroxyl groups is 7. The van der Waals surface area contributed by atoms with Gasteiger partial charge in [0, 0.05) is 0 Å². The Labute approximate surface area is 415 Å². The second-order valence-electron chi connectivity index (χ2n) is 19.6. The van der Waals surface area contributed by atoms with E-state index in [0.717, 1.165) is 64.2 Å². The van der Waals surface area contributed by atoms with Crippen LogP contribution in [0.2, 0.25) is 0 Å². The van der Waals surface area contributed by atoms with E-state index in [1.807, 2.05) is 0 Å². The number of amides is 1. The fourth-order valence-corrected chi connectivity index (χ4v) is 8.72. The quantitative estimate of drug-likeness (QED) is 0.0215. The lowest BCUT2D eigenvalue weighted by Crippen LogP contribution is -2.60. The van der Waals surface area contributed by atoms with E-state index in [-0.39, 0.29) is 12.8 Å². The maximum atomic E-state index is 13.2. The van der Waals surface area contributed by atoms with Crippen molar-refractivity contribution in [2.24, 2.45) is 0 Å². The van der Waals surface area contributed by atoms with Crippen molar-refractivity contribution in [1.82, 2.24) is 5.32 Å². The second kappa shape index (κ2) is 46.2. The summed E-state index contributed by atoms with van der Waals surface area (Å²) in [6, 6.07) is -1.20. The molecule has 0 radical (unpaired) electrons. The zero-order valence-electron chi connectivity index (χ0n) is 43.3. The Morgan fingerprint density at radius 2 is 0.926 bits per heavy atom. The lowest BCUT2D eigenvalue weighted by Gasteiger charge is -2.40. The van der Waals surface area contributed by atoms with Crippen LogP contribution in [-0.2, 0) is 14.3 Å². The smallest absolute Gasteiger partial charge is 0.249 e. The molecular weight excluding hydrogens is 859 g/mol. The van der Waals surface area contributed by atoms with E-state index in [1.54, 1.807) is 0 Å². The van der Waals surface area contributed by atoms with Crippen LogP contribution in [0.15, 0.2) is 48.6 Å². The van der Waals surface area contributed by atoms with Gasteiger partial charge in [0.1, 0.15) is 36.6 Å². The number of rotatable bonds is 47. The zero-order chi connectivity index (χ0) is 49.7. The van der Waals surface area contributed by atoms with E-state index in [0.29, 0.717) is 19.3 Å². The highest BCUT2D eigenvalue weighted by atomic mass is 16.7. The highest BCUT2D eigenvalue weighted by molar-refractivity contribution is 5.80. The topological polar surface area (TPSA) is 189 Å². The van der Waals surface area contributed by atoms with Gasteiger partial charge < -0.3 is 50.5 Å². The molecule has 398 valence electrons. The summed E-state index contributed by atoms with van der Waals surface area (Å²) in [5.74, 6) is -0.718. The molecule has 1 heterocycles. The van der Waals surface area contributed by atoms with Crippen molar-refractivity contribution in [3.8, 4) is 0 Å². The summed E-state index contributed by atoms with van der Waals surface area (Å²) < 4.78 is 11.1. The van der Waals surface area contributed by atoms with Gasteiger partial charge in [-0.2, -0.15) is 0 Å². The molecule has 8 N–H and O–H groups in total. The summed E-state index contributed by atoms with van der Waals surface area (Å²) in [4.78, 5) is 13.2. The van der Waals surface area contributed by atoms with Gasteiger partial charge in [0.05, 0.1) is 25.4 Å². The lowest BCUT2D eigenvalue weighted by molar-refractivity contribution is -0.303. The third-order valence-electron chi connectivity index (χ3n) is 13.3. The Kier molecular flexibility index (Phi) is 43.5. The number of allylic oxidation sites excluding steroid dienone is 8. The molecule has 0 aromatic carbocycles. The Morgan fingerprint density at radius 1 is 0.515 bits per heavy atom. The third-order valence-corrected chi connectivity index (χ3v) is 13.3. The fraction of sp³-hybridized carbons (Fsp3) is 0.842. The summed E-state index contributed by atoms with van der Waals surface area (Å²) in [6.07, 6.45) is 45.9. The molecule has 1 fully saturated rings. The van der Waals surface area contributed by atoms with Gasteiger partial charge in [-0.15, -0.1) is 0 Å². The van der Waals surface area contributed by atoms with Gasteiger partial charge in [-0.3, -0.25) is 4.79 Å². The Balaban J connectivity index is 2.39. The van der Waals surface area contributed by atoms with Crippen molar-refractivity contribution in [2.45, 2.75) is 294 Å². The Hall–Kier alpha value is -1.93. The van der Waals surface area contributed by atoms with E-state index in [9.17, 15) is 40.5 Å². The number of hydrogen-bond donors (Lipinski definition) is 8. The molecule has 0 aromatic heterocycles. The van der Waals surface area contributed by atoms with E-state index in [1.165, 1.54) is 128 Å². The molecule has 11 heteroatoms. The third kappa shape index (κ3) is 34.4. The summed E-state index contributed by atoms with van der Waals surface area (Å²) in [7, 11) is 0. The average molecular weight is 964 g/mol. The highest BCUT2D eigenvalue weighted by Gasteiger charge is 2.44. The molecule has 11 nitrogen and oxygen atoms in total. The van der Waals surface area contributed by atoms with Crippen molar-refractivity contribution in [1.29, 1.82) is 0 Å². The molecule has 1 aliphatic rings. The predicted octanol–water partition coefficient (Wildman–Crippen LogP) is 11.3. The number of ether oxygens (including phenoxy) is 2. The first-order chi connectivity index (χ1) is 33.2. The minimum atomic E-state index is -1.67. The molecule has 9 unspecified atom stereocenters. The van der Waals surface area contributed by atoms with Crippen molar-refractivity contribution in [3.63, 3.8) is 0 Å². The standard InChI is InChI=1S/C57H105NO10/c1-3-5-7-9-11-13-15-17-19-21-23-24-25-27-29-31-33-35-37-39-41-43-45-50(61)56(66)58-48(47-67-57-55(65)54(64)53(63)51(46-59)68-57)52(62)49(60)44-42-40-38-36-34-32-30-28-26-22-20-18-16-14-12-10-8-6-4-2/h23-24,27-30,36,38,48-55,57,59-65H,3-22,25-26,31-35,37,39-47H2,1-2H3,(H,58,66)/b24-23-,29-27-,30-28+,38-36+. The van der Waals surface area contributed by atoms with Crippen LogP contribution in [0.5, 0.6) is 0 Å². The minimum Gasteiger partial charge on any atom is -0.394 e. The van der Waals surface area contributed by atoms with Crippen LogP contribution in [-0.4, -0.2) is 110 Å². The first-order valence-corrected chi connectivity index (χ1v) is 28.0. The SMILES string of the molecule is CCCCCCCCCCC/C=C\C/C=C\CCCCCCCCC(O)C(=O)NC(COC1OC(CO)C(O)C(O)C1O)C(O)C(O)CCC/C=C/CC/C=C/CCCCCCCCCCCC. The average Bonchev–Trinajstić information content (AvgIpc) is 3.34. The lowest BCUT2D eigenvalue weighted by atomic mass is 9.98. The first-order valence-electron chi connectivity index (χ1n) is 28.0. The molecule has 1 saturated heterocycles. The summed E-state index contributed by atoms with van der Waals surface area (Å²) >= 11 is 0. The Morgan fingerprint density at radius 3 is 1.40 bits per heavy atom. The van der Waals surface area contributed by atoms with E-state index >= 15 is 0 Å². The van der Waals surface area contributed by atoms with E-state index in [2.05, 4.69) is 67.8 Å². The van der Waals surface area contributed by atoms with Gasteiger partial charge >= 0.3 is 0 Å². The van der Waals surface area contributed by atoms with Crippen molar-refractivity contribution >= 4 is 5.91 Å². The number of unbranched alkanes of at least 4 members (excludes halogenated alkanes) is 27. The van der Waals surface area contributed by atoms with Crippen molar-refractivity contribution in [3.05, 3.63) is 48.6 Å². The van der Waals surface area contributed by atoms with Crippen LogP contribution in [0.3, 0.4) is 0 Å². The Bertz CT molecular complexity index is 1240. The normalized spacial score (nSPS) is 20.9. The minimum absolute atomic E-state index is 0.238. The molecule has 1 amide bonds. The predicted molar refractivity (Wildman–Crippen MR) is 279 cm³/mol. The van der Waals surface area contributed by atoms with Crippen LogP contribution in [0, 0.1) is 0 Å². The van der Waals surface area contributed by atoms with Gasteiger partial charge in [-0.25, -0.2) is 0 Å². The summed E-state index contributed by atoms with van der Waals surface area (Å²) in [5.41, 5.74) is 0. The van der Waals surface area contributed by atoms with Crippen molar-refractivity contribution in [2.75, 3.05) is 13.2 Å². The monoisotopic (exact) mass is 964 g/mol. The maximum Gasteiger partial charge on any atom is 0.249 e. The maximum absolute atomic E-state index is 13.2. The van der Waals surface area contributed by atoms with Crippen LogP contribution >= 0.6 is 0 Å². The van der Waals surface area contributed by atoms with Crippen LogP contribution < -0.4 is 5.32 Å². The first kappa shape index (κ1) is 64.1. The molecule has 0 saturated carbocycles. The summed E-state index contributed by atoms with van der Waals surface area (Å²) in [6.45, 7) is 3.44. The molecule has 0 aromatic rings. The molecule has 1 rings (SSSR count). The molecule has 1 aliphatic heterocycles. The second-order valence-corrected chi connectivity index (χ2v) is 19.6. The van der Waals surface area contributed by atoms with Crippen LogP contribution in [0.1, 0.15) is 239 Å². The molecule has 9 atom stereocenters.